The summed E-state index contributed by atoms with van der Waals surface area (Å²) in [6.07, 6.45) is 0. The highest BCUT2D eigenvalue weighted by atomic mass is 16.5. The lowest BCUT2D eigenvalue weighted by molar-refractivity contribution is 0.0170. The molecule has 0 spiro atoms. The van der Waals surface area contributed by atoms with Gasteiger partial charge in [0.15, 0.2) is 5.96 Å². The third-order valence-corrected chi connectivity index (χ3v) is 5.33. The van der Waals surface area contributed by atoms with E-state index in [1.807, 2.05) is 12.1 Å². The van der Waals surface area contributed by atoms with Gasteiger partial charge < -0.3 is 20.1 Å². The molecule has 2 N–H and O–H groups in total. The van der Waals surface area contributed by atoms with Crippen molar-refractivity contribution in [3.8, 4) is 5.75 Å². The lowest BCUT2D eigenvalue weighted by Crippen LogP contribution is -2.46. The van der Waals surface area contributed by atoms with Gasteiger partial charge in [0.05, 0.1) is 32.9 Å². The maximum atomic E-state index is 5.56. The number of nitrogens with zero attached hydrogens (tertiary/aromatic N) is 2. The summed E-state index contributed by atoms with van der Waals surface area (Å²) in [7, 11) is 1.70. The molecule has 3 rings (SSSR count). The van der Waals surface area contributed by atoms with Crippen LogP contribution in [0, 0.1) is 6.92 Å². The molecule has 162 valence electrons. The fourth-order valence-corrected chi connectivity index (χ4v) is 3.57. The number of guanidine groups is 1. The van der Waals surface area contributed by atoms with Crippen LogP contribution in [0.1, 0.15) is 29.7 Å². The Morgan fingerprint density at radius 2 is 1.77 bits per heavy atom. The summed E-state index contributed by atoms with van der Waals surface area (Å²) < 4.78 is 10.9. The summed E-state index contributed by atoms with van der Waals surface area (Å²) in [5, 5.41) is 6.92. The zero-order chi connectivity index (χ0) is 21.2. The number of benzene rings is 2. The molecule has 1 saturated heterocycles. The number of rotatable bonds is 8. The van der Waals surface area contributed by atoms with Gasteiger partial charge in [-0.2, -0.15) is 0 Å². The standard InChI is InChI=1S/C24H34N4O2/c1-4-25-24(26-17-20-7-5-19(2)6-8-20)27-18-23(28-13-15-30-16-14-28)21-9-11-22(29-3)12-10-21/h5-12,23H,4,13-18H2,1-3H3,(H2,25,26,27). The van der Waals surface area contributed by atoms with Gasteiger partial charge in [-0.1, -0.05) is 42.0 Å². The molecule has 30 heavy (non-hydrogen) atoms. The number of ether oxygens (including phenoxy) is 2. The van der Waals surface area contributed by atoms with Crippen molar-refractivity contribution >= 4 is 5.96 Å². The molecule has 6 heteroatoms. The first-order valence-electron chi connectivity index (χ1n) is 10.7. The Balaban J connectivity index is 1.70. The normalized spacial score (nSPS) is 16.2. The minimum Gasteiger partial charge on any atom is -0.497 e. The topological polar surface area (TPSA) is 58.1 Å². The Morgan fingerprint density at radius 1 is 1.07 bits per heavy atom. The molecule has 0 amide bonds. The maximum Gasteiger partial charge on any atom is 0.191 e. The Kier molecular flexibility index (Phi) is 8.53. The van der Waals surface area contributed by atoms with Crippen LogP contribution in [0.4, 0.5) is 0 Å². The molecule has 1 aliphatic rings. The lowest BCUT2D eigenvalue weighted by atomic mass is 10.0. The van der Waals surface area contributed by atoms with E-state index < -0.39 is 0 Å². The van der Waals surface area contributed by atoms with Crippen molar-refractivity contribution in [1.82, 2.24) is 15.5 Å². The number of methoxy groups -OCH3 is 1. The second-order valence-corrected chi connectivity index (χ2v) is 7.50. The molecule has 0 bridgehead atoms. The number of morpholine rings is 1. The minimum atomic E-state index is 0.239. The molecule has 0 aromatic heterocycles. The zero-order valence-electron chi connectivity index (χ0n) is 18.4. The molecule has 1 aliphatic heterocycles. The first-order valence-corrected chi connectivity index (χ1v) is 10.7. The van der Waals surface area contributed by atoms with Crippen LogP contribution in [-0.2, 0) is 11.3 Å². The Bertz CT molecular complexity index is 784. The smallest absolute Gasteiger partial charge is 0.191 e. The average Bonchev–Trinajstić information content (AvgIpc) is 2.79. The number of hydrogen-bond donors (Lipinski definition) is 2. The summed E-state index contributed by atoms with van der Waals surface area (Å²) in [5.41, 5.74) is 3.73. The van der Waals surface area contributed by atoms with Gasteiger partial charge in [-0.25, -0.2) is 4.99 Å². The lowest BCUT2D eigenvalue weighted by Gasteiger charge is -2.35. The van der Waals surface area contributed by atoms with Crippen molar-refractivity contribution < 1.29 is 9.47 Å². The molecule has 6 nitrogen and oxygen atoms in total. The van der Waals surface area contributed by atoms with Crippen molar-refractivity contribution in [2.75, 3.05) is 46.5 Å². The molecular formula is C24H34N4O2. The molecule has 0 radical (unpaired) electrons. The second kappa shape index (κ2) is 11.6. The largest absolute Gasteiger partial charge is 0.497 e. The van der Waals surface area contributed by atoms with E-state index >= 15 is 0 Å². The molecule has 1 unspecified atom stereocenters. The summed E-state index contributed by atoms with van der Waals surface area (Å²) in [5.74, 6) is 1.71. The van der Waals surface area contributed by atoms with Gasteiger partial charge in [0.25, 0.3) is 0 Å². The van der Waals surface area contributed by atoms with Crippen LogP contribution in [0.15, 0.2) is 53.5 Å². The van der Waals surface area contributed by atoms with Crippen LogP contribution < -0.4 is 15.4 Å². The summed E-state index contributed by atoms with van der Waals surface area (Å²) >= 11 is 0. The highest BCUT2D eigenvalue weighted by molar-refractivity contribution is 5.79. The fourth-order valence-electron chi connectivity index (χ4n) is 3.57. The third-order valence-electron chi connectivity index (χ3n) is 5.33. The van der Waals surface area contributed by atoms with Crippen LogP contribution in [-0.4, -0.2) is 57.4 Å². The van der Waals surface area contributed by atoms with Crippen molar-refractivity contribution in [3.05, 3.63) is 65.2 Å². The zero-order valence-corrected chi connectivity index (χ0v) is 18.4. The Labute approximate surface area is 180 Å². The van der Waals surface area contributed by atoms with Gasteiger partial charge in [0.2, 0.25) is 0 Å². The van der Waals surface area contributed by atoms with E-state index in [0.717, 1.165) is 51.1 Å². The van der Waals surface area contributed by atoms with Crippen LogP contribution in [0.3, 0.4) is 0 Å². The molecule has 2 aromatic rings. The molecular weight excluding hydrogens is 376 g/mol. The van der Waals surface area contributed by atoms with Gasteiger partial charge in [0.1, 0.15) is 5.75 Å². The quantitative estimate of drug-likeness (QED) is 0.517. The fraction of sp³-hybridized carbons (Fsp3) is 0.458. The number of hydrogen-bond acceptors (Lipinski definition) is 4. The summed E-state index contributed by atoms with van der Waals surface area (Å²) in [6.45, 7) is 9.83. The van der Waals surface area contributed by atoms with Crippen LogP contribution in [0.5, 0.6) is 5.75 Å². The maximum absolute atomic E-state index is 5.56. The molecule has 1 fully saturated rings. The van der Waals surface area contributed by atoms with E-state index in [9.17, 15) is 0 Å². The van der Waals surface area contributed by atoms with E-state index in [2.05, 4.69) is 65.8 Å². The van der Waals surface area contributed by atoms with Gasteiger partial charge >= 0.3 is 0 Å². The summed E-state index contributed by atoms with van der Waals surface area (Å²) in [6, 6.07) is 17.1. The minimum absolute atomic E-state index is 0.239. The van der Waals surface area contributed by atoms with Crippen LogP contribution >= 0.6 is 0 Å². The van der Waals surface area contributed by atoms with E-state index in [0.29, 0.717) is 6.54 Å². The van der Waals surface area contributed by atoms with E-state index in [4.69, 9.17) is 14.5 Å². The number of aryl methyl sites for hydroxylation is 1. The Hall–Kier alpha value is -2.57. The van der Waals surface area contributed by atoms with Crippen LogP contribution in [0.2, 0.25) is 0 Å². The van der Waals surface area contributed by atoms with Gasteiger partial charge in [-0.3, -0.25) is 4.90 Å². The van der Waals surface area contributed by atoms with Crippen LogP contribution in [0.25, 0.3) is 0 Å². The van der Waals surface area contributed by atoms with Crippen molar-refractivity contribution in [3.63, 3.8) is 0 Å². The highest BCUT2D eigenvalue weighted by Gasteiger charge is 2.23. The predicted octanol–water partition coefficient (Wildman–Crippen LogP) is 3.13. The number of nitrogens with one attached hydrogen (secondary N) is 2. The third kappa shape index (κ3) is 6.47. The average molecular weight is 411 g/mol. The molecule has 0 aliphatic carbocycles. The second-order valence-electron chi connectivity index (χ2n) is 7.50. The Morgan fingerprint density at radius 3 is 2.40 bits per heavy atom. The van der Waals surface area contributed by atoms with Crippen molar-refractivity contribution in [2.45, 2.75) is 26.4 Å². The highest BCUT2D eigenvalue weighted by Crippen LogP contribution is 2.23. The van der Waals surface area contributed by atoms with E-state index in [1.54, 1.807) is 7.11 Å². The first-order chi connectivity index (χ1) is 14.7. The van der Waals surface area contributed by atoms with E-state index in [1.165, 1.54) is 16.7 Å². The molecule has 0 saturated carbocycles. The summed E-state index contributed by atoms with van der Waals surface area (Å²) in [4.78, 5) is 7.26. The van der Waals surface area contributed by atoms with Gasteiger partial charge in [0, 0.05) is 26.2 Å². The van der Waals surface area contributed by atoms with Crippen molar-refractivity contribution in [2.24, 2.45) is 4.99 Å². The molecule has 1 atom stereocenters. The molecule has 2 aromatic carbocycles. The predicted molar refractivity (Wildman–Crippen MR) is 122 cm³/mol. The molecule has 1 heterocycles. The van der Waals surface area contributed by atoms with Gasteiger partial charge in [-0.05, 0) is 37.1 Å². The van der Waals surface area contributed by atoms with Gasteiger partial charge in [-0.15, -0.1) is 0 Å². The monoisotopic (exact) mass is 410 g/mol. The SMILES string of the molecule is CCNC(=NCc1ccc(C)cc1)NCC(c1ccc(OC)cc1)N1CCOCC1. The van der Waals surface area contributed by atoms with Crippen molar-refractivity contribution in [1.29, 1.82) is 0 Å². The van der Waals surface area contributed by atoms with E-state index in [-0.39, 0.29) is 6.04 Å². The number of aliphatic imine (C=N–C) groups is 1. The first kappa shape index (κ1) is 22.1.